The van der Waals surface area contributed by atoms with E-state index >= 15 is 0 Å². The number of sulfonamides is 1. The average Bonchev–Trinajstić information content (AvgIpc) is 2.74. The van der Waals surface area contributed by atoms with E-state index in [0.29, 0.717) is 0 Å². The van der Waals surface area contributed by atoms with Crippen molar-refractivity contribution < 1.29 is 27.1 Å². The van der Waals surface area contributed by atoms with Gasteiger partial charge in [0.15, 0.2) is 5.82 Å². The Balaban J connectivity index is 1.90. The molecule has 0 spiro atoms. The van der Waals surface area contributed by atoms with Crippen LogP contribution in [0.3, 0.4) is 0 Å². The first kappa shape index (κ1) is 14.1. The quantitative estimate of drug-likeness (QED) is 0.560. The molecule has 2 aliphatic heterocycles. The number of aromatic nitrogens is 1. The van der Waals surface area contributed by atoms with Gasteiger partial charge in [0.05, 0.1) is 11.8 Å². The van der Waals surface area contributed by atoms with E-state index in [1.807, 2.05) is 0 Å². The summed E-state index contributed by atoms with van der Waals surface area (Å²) in [7, 11) is -4.14. The van der Waals surface area contributed by atoms with Gasteiger partial charge in [0.25, 0.3) is 10.0 Å². The molecule has 0 radical (unpaired) electrons. The SMILES string of the molecule is O=C1OC(=O)C2CN(S(=O)(=O)c3ncccc3F)CCC12. The Morgan fingerprint density at radius 3 is 2.71 bits per heavy atom. The maximum absolute atomic E-state index is 13.6. The number of pyridine rings is 1. The smallest absolute Gasteiger partial charge is 0.318 e. The molecule has 2 unspecified atom stereocenters. The van der Waals surface area contributed by atoms with Crippen molar-refractivity contribution in [2.75, 3.05) is 13.1 Å². The van der Waals surface area contributed by atoms with Crippen molar-refractivity contribution in [3.8, 4) is 0 Å². The molecule has 2 saturated heterocycles. The molecule has 0 amide bonds. The highest BCUT2D eigenvalue weighted by Crippen LogP contribution is 2.33. The van der Waals surface area contributed by atoms with Crippen molar-refractivity contribution in [1.82, 2.24) is 9.29 Å². The van der Waals surface area contributed by atoms with Gasteiger partial charge in [-0.2, -0.15) is 4.31 Å². The highest BCUT2D eigenvalue weighted by molar-refractivity contribution is 7.89. The molecular weight excluding hydrogens is 303 g/mol. The van der Waals surface area contributed by atoms with Crippen molar-refractivity contribution in [1.29, 1.82) is 0 Å². The number of ether oxygens (including phenoxy) is 1. The number of carbonyl (C=O) groups is 2. The molecule has 1 aromatic heterocycles. The normalized spacial score (nSPS) is 26.5. The van der Waals surface area contributed by atoms with E-state index in [4.69, 9.17) is 0 Å². The lowest BCUT2D eigenvalue weighted by Crippen LogP contribution is -2.45. The molecule has 0 aliphatic carbocycles. The highest BCUT2D eigenvalue weighted by atomic mass is 32.2. The van der Waals surface area contributed by atoms with Crippen LogP contribution in [-0.2, 0) is 24.3 Å². The third-order valence-corrected chi connectivity index (χ3v) is 5.49. The minimum atomic E-state index is -4.14. The first-order valence-electron chi connectivity index (χ1n) is 6.27. The number of piperidine rings is 1. The van der Waals surface area contributed by atoms with Crippen LogP contribution >= 0.6 is 0 Å². The fraction of sp³-hybridized carbons (Fsp3) is 0.417. The van der Waals surface area contributed by atoms with Crippen LogP contribution in [0.5, 0.6) is 0 Å². The molecule has 0 saturated carbocycles. The number of hydrogen-bond acceptors (Lipinski definition) is 6. The second kappa shape index (κ2) is 4.85. The zero-order chi connectivity index (χ0) is 15.2. The topological polar surface area (TPSA) is 93.6 Å². The molecule has 21 heavy (non-hydrogen) atoms. The Hall–Kier alpha value is -1.87. The molecule has 9 heteroatoms. The van der Waals surface area contributed by atoms with E-state index in [1.54, 1.807) is 0 Å². The number of cyclic esters (lactones) is 2. The van der Waals surface area contributed by atoms with Gasteiger partial charge >= 0.3 is 11.9 Å². The number of esters is 2. The highest BCUT2D eigenvalue weighted by Gasteiger charge is 2.49. The molecule has 0 bridgehead atoms. The summed E-state index contributed by atoms with van der Waals surface area (Å²) in [6, 6.07) is 2.29. The van der Waals surface area contributed by atoms with Gasteiger partial charge < -0.3 is 4.74 Å². The minimum absolute atomic E-state index is 0.0158. The van der Waals surface area contributed by atoms with Crippen LogP contribution in [0.25, 0.3) is 0 Å². The van der Waals surface area contributed by atoms with Crippen molar-refractivity contribution in [2.24, 2.45) is 11.8 Å². The van der Waals surface area contributed by atoms with Crippen LogP contribution in [0.15, 0.2) is 23.4 Å². The molecule has 1 aromatic rings. The third-order valence-electron chi connectivity index (χ3n) is 3.69. The predicted octanol–water partition coefficient (Wildman–Crippen LogP) is -0.0691. The predicted molar refractivity (Wildman–Crippen MR) is 65.6 cm³/mol. The summed E-state index contributed by atoms with van der Waals surface area (Å²) in [4.78, 5) is 26.5. The maximum Gasteiger partial charge on any atom is 0.318 e. The van der Waals surface area contributed by atoms with Gasteiger partial charge in [-0.05, 0) is 18.6 Å². The molecule has 112 valence electrons. The summed E-state index contributed by atoms with van der Waals surface area (Å²) in [6.07, 6.45) is 1.35. The van der Waals surface area contributed by atoms with E-state index < -0.39 is 44.6 Å². The van der Waals surface area contributed by atoms with Crippen molar-refractivity contribution >= 4 is 22.0 Å². The summed E-state index contributed by atoms with van der Waals surface area (Å²) >= 11 is 0. The Labute approximate surface area is 119 Å². The summed E-state index contributed by atoms with van der Waals surface area (Å²) < 4.78 is 43.9. The van der Waals surface area contributed by atoms with E-state index in [9.17, 15) is 22.4 Å². The molecule has 3 heterocycles. The molecule has 3 rings (SSSR count). The summed E-state index contributed by atoms with van der Waals surface area (Å²) in [6.45, 7) is -0.185. The zero-order valence-corrected chi connectivity index (χ0v) is 11.5. The van der Waals surface area contributed by atoms with Crippen LogP contribution in [-0.4, -0.2) is 42.7 Å². The molecule has 2 atom stereocenters. The van der Waals surface area contributed by atoms with Crippen molar-refractivity contribution in [3.05, 3.63) is 24.1 Å². The number of nitrogens with zero attached hydrogens (tertiary/aromatic N) is 2. The standard InChI is InChI=1S/C12H11FN2O5S/c13-9-2-1-4-14-10(9)21(18,19)15-5-3-7-8(6-15)12(17)20-11(7)16/h1-2,4,7-8H,3,5-6H2. The maximum atomic E-state index is 13.6. The van der Waals surface area contributed by atoms with Crippen LogP contribution in [0, 0.1) is 17.7 Å². The van der Waals surface area contributed by atoms with Crippen LogP contribution in [0.1, 0.15) is 6.42 Å². The molecule has 2 aliphatic rings. The van der Waals surface area contributed by atoms with Gasteiger partial charge in [0.2, 0.25) is 5.03 Å². The van der Waals surface area contributed by atoms with E-state index in [0.717, 1.165) is 10.4 Å². The Kier molecular flexibility index (Phi) is 3.25. The van der Waals surface area contributed by atoms with E-state index in [1.165, 1.54) is 12.3 Å². The lowest BCUT2D eigenvalue weighted by molar-refractivity contribution is -0.153. The fourth-order valence-corrected chi connectivity index (χ4v) is 4.05. The lowest BCUT2D eigenvalue weighted by atomic mass is 9.89. The third kappa shape index (κ3) is 2.22. The van der Waals surface area contributed by atoms with Gasteiger partial charge in [-0.1, -0.05) is 0 Å². The summed E-state index contributed by atoms with van der Waals surface area (Å²) in [5.41, 5.74) is 0. The summed E-state index contributed by atoms with van der Waals surface area (Å²) in [5.74, 6) is -3.74. The van der Waals surface area contributed by atoms with Gasteiger partial charge in [-0.25, -0.2) is 17.8 Å². The van der Waals surface area contributed by atoms with Gasteiger partial charge in [0.1, 0.15) is 0 Å². The molecule has 0 N–H and O–H groups in total. The second-order valence-electron chi connectivity index (χ2n) is 4.90. The first-order valence-corrected chi connectivity index (χ1v) is 7.71. The fourth-order valence-electron chi connectivity index (χ4n) is 2.60. The first-order chi connectivity index (χ1) is 9.91. The largest absolute Gasteiger partial charge is 0.393 e. The van der Waals surface area contributed by atoms with Crippen LogP contribution in [0.2, 0.25) is 0 Å². The number of fused-ring (bicyclic) bond motifs is 1. The molecule has 7 nitrogen and oxygen atoms in total. The lowest BCUT2D eigenvalue weighted by Gasteiger charge is -2.30. The Morgan fingerprint density at radius 1 is 1.29 bits per heavy atom. The van der Waals surface area contributed by atoms with Crippen LogP contribution < -0.4 is 0 Å². The van der Waals surface area contributed by atoms with Gasteiger partial charge in [0, 0.05) is 19.3 Å². The van der Waals surface area contributed by atoms with E-state index in [-0.39, 0.29) is 19.5 Å². The average molecular weight is 314 g/mol. The zero-order valence-electron chi connectivity index (χ0n) is 10.7. The number of rotatable bonds is 2. The molecule has 2 fully saturated rings. The van der Waals surface area contributed by atoms with Gasteiger partial charge in [-0.15, -0.1) is 0 Å². The van der Waals surface area contributed by atoms with E-state index in [2.05, 4.69) is 9.72 Å². The number of carbonyl (C=O) groups excluding carboxylic acids is 2. The second-order valence-corrected chi connectivity index (χ2v) is 6.75. The Bertz CT molecular complexity index is 720. The number of halogens is 1. The van der Waals surface area contributed by atoms with Gasteiger partial charge in [-0.3, -0.25) is 9.59 Å². The monoisotopic (exact) mass is 314 g/mol. The molecular formula is C12H11FN2O5S. The Morgan fingerprint density at radius 2 is 2.00 bits per heavy atom. The van der Waals surface area contributed by atoms with Crippen molar-refractivity contribution in [2.45, 2.75) is 11.4 Å². The summed E-state index contributed by atoms with van der Waals surface area (Å²) in [5, 5.41) is -0.679. The molecule has 0 aromatic carbocycles. The minimum Gasteiger partial charge on any atom is -0.393 e. The number of hydrogen-bond donors (Lipinski definition) is 0. The van der Waals surface area contributed by atoms with Crippen LogP contribution in [0.4, 0.5) is 4.39 Å². The van der Waals surface area contributed by atoms with Crippen molar-refractivity contribution in [3.63, 3.8) is 0 Å².